The minimum absolute atomic E-state index is 0.0291. The van der Waals surface area contributed by atoms with Crippen molar-refractivity contribution < 1.29 is 18.0 Å². The van der Waals surface area contributed by atoms with Crippen molar-refractivity contribution in [1.82, 2.24) is 0 Å². The zero-order valence-electron chi connectivity index (χ0n) is 13.3. The second kappa shape index (κ2) is 7.66. The van der Waals surface area contributed by atoms with Crippen LogP contribution in [0, 0.1) is 0 Å². The maximum Gasteiger partial charge on any atom is 0.264 e. The fourth-order valence-corrected chi connectivity index (χ4v) is 4.20. The van der Waals surface area contributed by atoms with E-state index < -0.39 is 22.5 Å². The summed E-state index contributed by atoms with van der Waals surface area (Å²) in [6, 6.07) is 12.3. The van der Waals surface area contributed by atoms with E-state index in [4.69, 9.17) is 5.73 Å². The topological polar surface area (TPSA) is 110 Å². The van der Waals surface area contributed by atoms with Gasteiger partial charge in [-0.15, -0.1) is 0 Å². The minimum Gasteiger partial charge on any atom is -0.368 e. The number of hydrogen-bond donors (Lipinski definition) is 2. The number of rotatable bonds is 6. The Kier molecular flexibility index (Phi) is 5.81. The van der Waals surface area contributed by atoms with Crippen LogP contribution < -0.4 is 15.4 Å². The lowest BCUT2D eigenvalue weighted by molar-refractivity contribution is -0.116. The molecule has 0 aliphatic rings. The number of hydrogen-bond acceptors (Lipinski definition) is 4. The molecule has 2 aromatic carbocycles. The number of amides is 2. The first kappa shape index (κ1) is 18.9. The van der Waals surface area contributed by atoms with Crippen LogP contribution in [-0.4, -0.2) is 26.8 Å². The molecule has 25 heavy (non-hydrogen) atoms. The molecule has 7 nitrogen and oxygen atoms in total. The van der Waals surface area contributed by atoms with Crippen LogP contribution in [0.25, 0.3) is 0 Å². The summed E-state index contributed by atoms with van der Waals surface area (Å²) in [5.74, 6) is -1.05. The number of nitrogens with two attached hydrogens (primary N) is 1. The highest BCUT2D eigenvalue weighted by molar-refractivity contribution is 9.10. The average molecular weight is 426 g/mol. The minimum atomic E-state index is -4.03. The van der Waals surface area contributed by atoms with E-state index in [1.165, 1.54) is 31.2 Å². The first-order valence-electron chi connectivity index (χ1n) is 7.15. The maximum atomic E-state index is 13.0. The second-order valence-corrected chi connectivity index (χ2v) is 7.85. The highest BCUT2D eigenvalue weighted by Gasteiger charge is 2.27. The number of halogens is 1. The molecule has 132 valence electrons. The van der Waals surface area contributed by atoms with Crippen LogP contribution >= 0.6 is 15.9 Å². The third-order valence-electron chi connectivity index (χ3n) is 3.18. The van der Waals surface area contributed by atoms with E-state index in [1.807, 2.05) is 0 Å². The van der Waals surface area contributed by atoms with Gasteiger partial charge in [-0.2, -0.15) is 0 Å². The van der Waals surface area contributed by atoms with Crippen LogP contribution in [0.3, 0.4) is 0 Å². The quantitative estimate of drug-likeness (QED) is 0.737. The molecule has 9 heteroatoms. The highest BCUT2D eigenvalue weighted by atomic mass is 79.9. The monoisotopic (exact) mass is 425 g/mol. The van der Waals surface area contributed by atoms with E-state index in [1.54, 1.807) is 24.3 Å². The number of carbonyl (C=O) groups is 2. The molecular formula is C16H16BrN3O4S. The molecule has 0 aromatic heterocycles. The van der Waals surface area contributed by atoms with Crippen molar-refractivity contribution in [2.24, 2.45) is 5.73 Å². The van der Waals surface area contributed by atoms with E-state index in [0.717, 1.165) is 4.31 Å². The Bertz CT molecular complexity index is 898. The lowest BCUT2D eigenvalue weighted by atomic mass is 10.3. The summed E-state index contributed by atoms with van der Waals surface area (Å²) >= 11 is 3.28. The second-order valence-electron chi connectivity index (χ2n) is 5.13. The molecule has 0 heterocycles. The summed E-state index contributed by atoms with van der Waals surface area (Å²) in [6.45, 7) is 0.852. The fourth-order valence-electron chi connectivity index (χ4n) is 2.14. The number of nitrogens with one attached hydrogen (secondary N) is 1. The van der Waals surface area contributed by atoms with Gasteiger partial charge >= 0.3 is 0 Å². The Hall–Kier alpha value is -2.39. The van der Waals surface area contributed by atoms with E-state index in [9.17, 15) is 18.0 Å². The summed E-state index contributed by atoms with van der Waals surface area (Å²) in [7, 11) is -4.03. The molecular weight excluding hydrogens is 410 g/mol. The smallest absolute Gasteiger partial charge is 0.264 e. The lowest BCUT2D eigenvalue weighted by Crippen LogP contribution is -2.38. The molecule has 0 fully saturated rings. The van der Waals surface area contributed by atoms with Crippen LogP contribution in [0.2, 0.25) is 0 Å². The normalized spacial score (nSPS) is 11.0. The van der Waals surface area contributed by atoms with Gasteiger partial charge in [0, 0.05) is 17.1 Å². The van der Waals surface area contributed by atoms with Gasteiger partial charge in [0.2, 0.25) is 11.8 Å². The maximum absolute atomic E-state index is 13.0. The number of anilines is 2. The van der Waals surface area contributed by atoms with Gasteiger partial charge in [-0.3, -0.25) is 13.9 Å². The molecule has 0 bridgehead atoms. The Morgan fingerprint density at radius 2 is 1.72 bits per heavy atom. The largest absolute Gasteiger partial charge is 0.368 e. The molecule has 0 atom stereocenters. The van der Waals surface area contributed by atoms with Crippen molar-refractivity contribution >= 4 is 49.1 Å². The third-order valence-corrected chi connectivity index (χ3v) is 5.63. The van der Waals surface area contributed by atoms with Gasteiger partial charge in [0.05, 0.1) is 10.6 Å². The predicted molar refractivity (Wildman–Crippen MR) is 98.6 cm³/mol. The fraction of sp³-hybridized carbons (Fsp3) is 0.125. The Morgan fingerprint density at radius 3 is 2.24 bits per heavy atom. The molecule has 0 saturated carbocycles. The number of primary amides is 1. The van der Waals surface area contributed by atoms with Gasteiger partial charge < -0.3 is 11.1 Å². The van der Waals surface area contributed by atoms with Gasteiger partial charge in [-0.25, -0.2) is 8.42 Å². The molecule has 0 aliphatic carbocycles. The van der Waals surface area contributed by atoms with Crippen molar-refractivity contribution in [2.75, 3.05) is 16.2 Å². The molecule has 0 spiro atoms. The van der Waals surface area contributed by atoms with Crippen molar-refractivity contribution in [3.8, 4) is 0 Å². The number of para-hydroxylation sites is 1. The zero-order valence-corrected chi connectivity index (χ0v) is 15.7. The predicted octanol–water partition coefficient (Wildman–Crippen LogP) is 2.09. The number of sulfonamides is 1. The molecule has 3 N–H and O–H groups in total. The van der Waals surface area contributed by atoms with Crippen LogP contribution in [0.15, 0.2) is 57.9 Å². The number of carbonyl (C=O) groups excluding carboxylic acids is 2. The summed E-state index contributed by atoms with van der Waals surface area (Å²) < 4.78 is 27.4. The summed E-state index contributed by atoms with van der Waals surface area (Å²) in [5, 5.41) is 2.56. The Balaban J connectivity index is 2.46. The molecule has 0 saturated heterocycles. The highest BCUT2D eigenvalue weighted by Crippen LogP contribution is 2.30. The third kappa shape index (κ3) is 4.58. The van der Waals surface area contributed by atoms with E-state index in [0.29, 0.717) is 15.8 Å². The van der Waals surface area contributed by atoms with Gasteiger partial charge in [-0.05, 0) is 52.3 Å². The SMILES string of the molecule is CC(=O)Nc1ccc(S(=O)(=O)N(CC(N)=O)c2ccccc2Br)cc1. The van der Waals surface area contributed by atoms with Gasteiger partial charge in [0.25, 0.3) is 10.0 Å². The first-order valence-corrected chi connectivity index (χ1v) is 9.38. The van der Waals surface area contributed by atoms with Crippen LogP contribution in [-0.2, 0) is 19.6 Å². The zero-order chi connectivity index (χ0) is 18.6. The average Bonchev–Trinajstić information content (AvgIpc) is 2.53. The van der Waals surface area contributed by atoms with Gasteiger partial charge in [0.15, 0.2) is 0 Å². The number of benzene rings is 2. The standard InChI is InChI=1S/C16H16BrN3O4S/c1-11(21)19-12-6-8-13(9-7-12)25(23,24)20(10-16(18)22)15-5-3-2-4-14(15)17/h2-9H,10H2,1H3,(H2,18,22)(H,19,21). The summed E-state index contributed by atoms with van der Waals surface area (Å²) in [4.78, 5) is 22.4. The first-order chi connectivity index (χ1) is 11.7. The van der Waals surface area contributed by atoms with Crippen molar-refractivity contribution in [2.45, 2.75) is 11.8 Å². The van der Waals surface area contributed by atoms with E-state index in [2.05, 4.69) is 21.2 Å². The molecule has 2 rings (SSSR count). The van der Waals surface area contributed by atoms with Crippen molar-refractivity contribution in [3.63, 3.8) is 0 Å². The van der Waals surface area contributed by atoms with Crippen LogP contribution in [0.5, 0.6) is 0 Å². The Morgan fingerprint density at radius 1 is 1.12 bits per heavy atom. The van der Waals surface area contributed by atoms with Gasteiger partial charge in [-0.1, -0.05) is 12.1 Å². The van der Waals surface area contributed by atoms with Crippen LogP contribution in [0.1, 0.15) is 6.92 Å². The van der Waals surface area contributed by atoms with Crippen LogP contribution in [0.4, 0.5) is 11.4 Å². The summed E-state index contributed by atoms with van der Waals surface area (Å²) in [5.41, 5.74) is 5.99. The molecule has 2 amide bonds. The van der Waals surface area contributed by atoms with Crippen molar-refractivity contribution in [1.29, 1.82) is 0 Å². The van der Waals surface area contributed by atoms with E-state index in [-0.39, 0.29) is 10.8 Å². The number of nitrogens with zero attached hydrogens (tertiary/aromatic N) is 1. The molecule has 0 aliphatic heterocycles. The molecule has 0 unspecified atom stereocenters. The summed E-state index contributed by atoms with van der Waals surface area (Å²) in [6.07, 6.45) is 0. The molecule has 0 radical (unpaired) electrons. The van der Waals surface area contributed by atoms with Gasteiger partial charge in [0.1, 0.15) is 6.54 Å². The lowest BCUT2D eigenvalue weighted by Gasteiger charge is -2.24. The Labute approximate surface area is 154 Å². The molecule has 2 aromatic rings. The van der Waals surface area contributed by atoms with E-state index >= 15 is 0 Å². The van der Waals surface area contributed by atoms with Crippen molar-refractivity contribution in [3.05, 3.63) is 53.0 Å².